The van der Waals surface area contributed by atoms with Crippen molar-refractivity contribution in [3.8, 4) is 11.5 Å². The van der Waals surface area contributed by atoms with E-state index in [4.69, 9.17) is 9.47 Å². The van der Waals surface area contributed by atoms with Gasteiger partial charge in [0.15, 0.2) is 6.61 Å². The van der Waals surface area contributed by atoms with E-state index in [0.717, 1.165) is 21.9 Å². The van der Waals surface area contributed by atoms with Crippen molar-refractivity contribution in [2.75, 3.05) is 6.61 Å². The van der Waals surface area contributed by atoms with E-state index in [9.17, 15) is 4.79 Å². The van der Waals surface area contributed by atoms with E-state index < -0.39 is 0 Å². The average molecular weight is 410 g/mol. The molecule has 0 fully saturated rings. The van der Waals surface area contributed by atoms with Crippen molar-refractivity contribution >= 4 is 22.9 Å². The molecule has 4 aromatic carbocycles. The smallest absolute Gasteiger partial charge is 0.277 e. The molecule has 0 aliphatic rings. The average Bonchev–Trinajstić information content (AvgIpc) is 2.83. The van der Waals surface area contributed by atoms with Crippen molar-refractivity contribution in [3.05, 3.63) is 108 Å². The molecule has 0 aromatic heterocycles. The van der Waals surface area contributed by atoms with Gasteiger partial charge in [-0.25, -0.2) is 5.43 Å². The van der Waals surface area contributed by atoms with Gasteiger partial charge in [-0.1, -0.05) is 78.9 Å². The molecule has 1 amide bonds. The largest absolute Gasteiger partial charge is 0.488 e. The van der Waals surface area contributed by atoms with Crippen LogP contribution < -0.4 is 14.9 Å². The second-order valence-corrected chi connectivity index (χ2v) is 6.87. The van der Waals surface area contributed by atoms with E-state index in [1.54, 1.807) is 6.21 Å². The van der Waals surface area contributed by atoms with Gasteiger partial charge in [0.25, 0.3) is 5.91 Å². The number of rotatable bonds is 8. The van der Waals surface area contributed by atoms with E-state index in [1.165, 1.54) is 0 Å². The third-order valence-electron chi connectivity index (χ3n) is 4.66. The highest BCUT2D eigenvalue weighted by Crippen LogP contribution is 2.25. The van der Waals surface area contributed by atoms with Crippen molar-refractivity contribution in [1.29, 1.82) is 0 Å². The van der Waals surface area contributed by atoms with Gasteiger partial charge in [-0.2, -0.15) is 5.10 Å². The molecule has 1 N–H and O–H groups in total. The predicted octanol–water partition coefficient (Wildman–Crippen LogP) is 4.95. The first kappa shape index (κ1) is 20.2. The second kappa shape index (κ2) is 10.1. The van der Waals surface area contributed by atoms with Crippen molar-refractivity contribution < 1.29 is 14.3 Å². The fraction of sp³-hybridized carbons (Fsp3) is 0.0769. The Morgan fingerprint density at radius 1 is 0.774 bits per heavy atom. The molecule has 0 aliphatic heterocycles. The Labute approximate surface area is 180 Å². The number of nitrogens with one attached hydrogen (secondary N) is 1. The maximum atomic E-state index is 12.2. The number of carbonyl (C=O) groups excluding carboxylic acids is 1. The van der Waals surface area contributed by atoms with Crippen LogP contribution in [0.4, 0.5) is 0 Å². The zero-order valence-corrected chi connectivity index (χ0v) is 16.9. The standard InChI is InChI=1S/C26H22N2O3/c29-26(19-31-25-16-8-13-21-11-4-6-14-23(21)25)28-27-17-22-12-5-7-15-24(22)30-18-20-9-2-1-3-10-20/h1-17H,18-19H2,(H,28,29)/b27-17+. The molecule has 0 heterocycles. The third-order valence-corrected chi connectivity index (χ3v) is 4.66. The minimum absolute atomic E-state index is 0.127. The maximum absolute atomic E-state index is 12.2. The molecule has 0 saturated heterocycles. The Kier molecular flexibility index (Phi) is 6.55. The predicted molar refractivity (Wildman–Crippen MR) is 122 cm³/mol. The number of fused-ring (bicyclic) bond motifs is 1. The van der Waals surface area contributed by atoms with Crippen molar-refractivity contribution in [2.24, 2.45) is 5.10 Å². The van der Waals surface area contributed by atoms with Gasteiger partial charge >= 0.3 is 0 Å². The Balaban J connectivity index is 1.32. The lowest BCUT2D eigenvalue weighted by Crippen LogP contribution is -2.24. The Bertz CT molecular complexity index is 1180. The van der Waals surface area contributed by atoms with Gasteiger partial charge in [0, 0.05) is 10.9 Å². The number of hydrogen-bond donors (Lipinski definition) is 1. The molecule has 4 aromatic rings. The van der Waals surface area contributed by atoms with Crippen LogP contribution >= 0.6 is 0 Å². The summed E-state index contributed by atoms with van der Waals surface area (Å²) in [4.78, 5) is 12.2. The summed E-state index contributed by atoms with van der Waals surface area (Å²) in [6.07, 6.45) is 1.57. The van der Waals surface area contributed by atoms with Gasteiger partial charge in [0.05, 0.1) is 6.21 Å². The summed E-state index contributed by atoms with van der Waals surface area (Å²) in [6.45, 7) is 0.328. The summed E-state index contributed by atoms with van der Waals surface area (Å²) in [7, 11) is 0. The molecule has 0 atom stereocenters. The van der Waals surface area contributed by atoms with E-state index in [2.05, 4.69) is 10.5 Å². The first-order valence-electron chi connectivity index (χ1n) is 9.98. The minimum Gasteiger partial charge on any atom is -0.488 e. The lowest BCUT2D eigenvalue weighted by Gasteiger charge is -2.09. The number of amides is 1. The molecule has 5 heteroatoms. The van der Waals surface area contributed by atoms with E-state index in [0.29, 0.717) is 18.1 Å². The molecule has 154 valence electrons. The van der Waals surface area contributed by atoms with Crippen LogP contribution in [0, 0.1) is 0 Å². The lowest BCUT2D eigenvalue weighted by atomic mass is 10.1. The number of ether oxygens (including phenoxy) is 2. The fourth-order valence-corrected chi connectivity index (χ4v) is 3.12. The summed E-state index contributed by atoms with van der Waals surface area (Å²) in [5.74, 6) is 1.01. The summed E-state index contributed by atoms with van der Waals surface area (Å²) >= 11 is 0. The fourth-order valence-electron chi connectivity index (χ4n) is 3.12. The van der Waals surface area contributed by atoms with Gasteiger partial charge in [0.1, 0.15) is 18.1 Å². The van der Waals surface area contributed by atoms with Crippen LogP contribution in [-0.2, 0) is 11.4 Å². The molecule has 0 saturated carbocycles. The van der Waals surface area contributed by atoms with Crippen LogP contribution in [0.15, 0.2) is 102 Å². The minimum atomic E-state index is -0.341. The number of benzene rings is 4. The van der Waals surface area contributed by atoms with Crippen molar-refractivity contribution in [2.45, 2.75) is 6.61 Å². The quantitative estimate of drug-likeness (QED) is 0.330. The van der Waals surface area contributed by atoms with Crippen molar-refractivity contribution in [3.63, 3.8) is 0 Å². The van der Waals surface area contributed by atoms with Gasteiger partial charge in [-0.15, -0.1) is 0 Å². The number of hydrogen-bond acceptors (Lipinski definition) is 4. The van der Waals surface area contributed by atoms with E-state index in [-0.39, 0.29) is 12.5 Å². The number of carbonyl (C=O) groups is 1. The maximum Gasteiger partial charge on any atom is 0.277 e. The highest BCUT2D eigenvalue weighted by atomic mass is 16.5. The van der Waals surface area contributed by atoms with Crippen LogP contribution in [0.3, 0.4) is 0 Å². The molecule has 31 heavy (non-hydrogen) atoms. The first-order valence-corrected chi connectivity index (χ1v) is 9.98. The van der Waals surface area contributed by atoms with Gasteiger partial charge < -0.3 is 9.47 Å². The topological polar surface area (TPSA) is 59.9 Å². The normalized spacial score (nSPS) is 10.8. The molecular formula is C26H22N2O3. The van der Waals surface area contributed by atoms with Crippen LogP contribution in [0.25, 0.3) is 10.8 Å². The van der Waals surface area contributed by atoms with E-state index in [1.807, 2.05) is 97.1 Å². The SMILES string of the molecule is O=C(COc1cccc2ccccc12)N/N=C/c1ccccc1OCc1ccccc1. The molecule has 0 spiro atoms. The molecule has 0 unspecified atom stereocenters. The number of nitrogens with zero attached hydrogens (tertiary/aromatic N) is 1. The molecule has 0 radical (unpaired) electrons. The molecular weight excluding hydrogens is 388 g/mol. The van der Waals surface area contributed by atoms with Gasteiger partial charge in [0.2, 0.25) is 0 Å². The Morgan fingerprint density at radius 3 is 2.39 bits per heavy atom. The molecule has 0 aliphatic carbocycles. The second-order valence-electron chi connectivity index (χ2n) is 6.87. The van der Waals surface area contributed by atoms with Crippen LogP contribution in [0.1, 0.15) is 11.1 Å². The highest BCUT2D eigenvalue weighted by Gasteiger charge is 2.06. The van der Waals surface area contributed by atoms with Gasteiger partial charge in [-0.3, -0.25) is 4.79 Å². The lowest BCUT2D eigenvalue weighted by molar-refractivity contribution is -0.123. The third kappa shape index (κ3) is 5.48. The van der Waals surface area contributed by atoms with Crippen LogP contribution in [0.5, 0.6) is 11.5 Å². The zero-order valence-electron chi connectivity index (χ0n) is 16.9. The summed E-state index contributed by atoms with van der Waals surface area (Å²) in [5.41, 5.74) is 4.35. The van der Waals surface area contributed by atoms with E-state index >= 15 is 0 Å². The number of hydrazone groups is 1. The first-order chi connectivity index (χ1) is 15.3. The van der Waals surface area contributed by atoms with Gasteiger partial charge in [-0.05, 0) is 29.1 Å². The molecule has 4 rings (SSSR count). The summed E-state index contributed by atoms with van der Waals surface area (Å²) in [5, 5.41) is 6.07. The van der Waals surface area contributed by atoms with Crippen LogP contribution in [-0.4, -0.2) is 18.7 Å². The molecule has 0 bridgehead atoms. The highest BCUT2D eigenvalue weighted by molar-refractivity contribution is 5.89. The summed E-state index contributed by atoms with van der Waals surface area (Å²) < 4.78 is 11.6. The Morgan fingerprint density at radius 2 is 1.48 bits per heavy atom. The Hall–Kier alpha value is -4.12. The van der Waals surface area contributed by atoms with Crippen LogP contribution in [0.2, 0.25) is 0 Å². The monoisotopic (exact) mass is 410 g/mol. The molecule has 5 nitrogen and oxygen atoms in total. The van der Waals surface area contributed by atoms with Crippen molar-refractivity contribution in [1.82, 2.24) is 5.43 Å². The zero-order chi connectivity index (χ0) is 21.3. The summed E-state index contributed by atoms with van der Waals surface area (Å²) in [6, 6.07) is 31.1. The number of para-hydroxylation sites is 1.